The molecule has 6 N–H and O–H groups in total. The van der Waals surface area contributed by atoms with E-state index in [0.29, 0.717) is 12.8 Å². The Morgan fingerprint density at radius 1 is 0.494 bits per heavy atom. The summed E-state index contributed by atoms with van der Waals surface area (Å²) in [5.41, 5.74) is 0. The van der Waals surface area contributed by atoms with Gasteiger partial charge in [-0.05, 0) is 109 Å². The van der Waals surface area contributed by atoms with E-state index < -0.39 is 67.4 Å². The van der Waals surface area contributed by atoms with Crippen molar-refractivity contribution in [2.45, 2.75) is 307 Å². The largest absolute Gasteiger partial charge is 0.454 e. The minimum Gasteiger partial charge on any atom is -0.454 e. The average Bonchev–Trinajstić information content (AvgIpc) is 3.49. The zero-order valence-corrected chi connectivity index (χ0v) is 50.2. The summed E-state index contributed by atoms with van der Waals surface area (Å²) in [6.45, 7) is 5.71. The van der Waals surface area contributed by atoms with E-state index in [1.807, 2.05) is 6.08 Å². The Hall–Kier alpha value is -3.42. The molecule has 0 bridgehead atoms. The second kappa shape index (κ2) is 55.1. The van der Waals surface area contributed by atoms with Crippen molar-refractivity contribution in [3.63, 3.8) is 0 Å². The molecule has 0 saturated carbocycles. The van der Waals surface area contributed by atoms with Gasteiger partial charge in [0.25, 0.3) is 0 Å². The molecule has 1 aliphatic heterocycles. The van der Waals surface area contributed by atoms with E-state index in [-0.39, 0.29) is 19.4 Å². The Balaban J connectivity index is 2.72. The van der Waals surface area contributed by atoms with Crippen LogP contribution in [0.1, 0.15) is 258 Å². The summed E-state index contributed by atoms with van der Waals surface area (Å²) in [4.78, 5) is 26.6. The van der Waals surface area contributed by atoms with E-state index in [2.05, 4.69) is 111 Å². The minimum atomic E-state index is -1.64. The highest BCUT2D eigenvalue weighted by Crippen LogP contribution is 2.26. The number of carbonyl (C=O) groups excluding carboxylic acids is 2. The summed E-state index contributed by atoms with van der Waals surface area (Å²) < 4.78 is 17.6. The smallest absolute Gasteiger partial charge is 0.306 e. The van der Waals surface area contributed by atoms with Gasteiger partial charge in [0.1, 0.15) is 24.4 Å². The molecule has 1 heterocycles. The van der Waals surface area contributed by atoms with Crippen LogP contribution in [-0.2, 0) is 23.8 Å². The van der Waals surface area contributed by atoms with Gasteiger partial charge in [0.2, 0.25) is 5.91 Å². The van der Waals surface area contributed by atoms with Crippen LogP contribution < -0.4 is 5.32 Å². The lowest BCUT2D eigenvalue weighted by Gasteiger charge is -2.41. The molecule has 0 aromatic rings. The number of esters is 1. The minimum absolute atomic E-state index is 0.0799. The zero-order valence-electron chi connectivity index (χ0n) is 50.2. The lowest BCUT2D eigenvalue weighted by atomic mass is 9.99. The molecule has 0 aliphatic carbocycles. The summed E-state index contributed by atoms with van der Waals surface area (Å²) >= 11 is 0. The second-order valence-corrected chi connectivity index (χ2v) is 21.8. The van der Waals surface area contributed by atoms with Crippen LogP contribution in [0.5, 0.6) is 0 Å². The number of allylic oxidation sites excluding steroid dienone is 15. The van der Waals surface area contributed by atoms with Gasteiger partial charge in [-0.2, -0.15) is 0 Å². The summed E-state index contributed by atoms with van der Waals surface area (Å²) in [6, 6.07) is -1.04. The number of hydrogen-bond acceptors (Lipinski definition) is 10. The Bertz CT molecular complexity index is 1650. The molecule has 1 amide bonds. The van der Waals surface area contributed by atoms with Gasteiger partial charge in [-0.25, -0.2) is 0 Å². The number of nitrogens with one attached hydrogen (secondary N) is 1. The third-order valence-corrected chi connectivity index (χ3v) is 14.5. The van der Waals surface area contributed by atoms with Crippen molar-refractivity contribution in [1.82, 2.24) is 5.32 Å². The SMILES string of the molecule is CCCCC/C=C\C/C=C\C/C=C\C/C=C\CCCCCC(=O)OC1C(OCC(NC(=O)C(O)CCCCCCC/C=C\C/C=C\C/C=C\CCCCC)C(O)/C=C/CCCCCCCCCCCCC)OC(CO)C(O)C1O. The Labute approximate surface area is 482 Å². The molecular formula is C68H117NO10. The Kier molecular flexibility index (Phi) is 51.4. The van der Waals surface area contributed by atoms with Gasteiger partial charge in [-0.1, -0.05) is 240 Å². The van der Waals surface area contributed by atoms with E-state index in [9.17, 15) is 35.1 Å². The molecule has 8 atom stereocenters. The standard InChI is InChI=1S/C68H117NO10/c1-4-7-10-13-16-19-22-25-27-29-31-33-35-38-41-44-47-50-53-56-63(73)79-66-65(75)64(74)62(57-70)78-68(66)77-58-59(60(71)54-51-48-45-42-39-36-24-21-18-15-12-9-6-3)69-67(76)61(72)55-52-49-46-43-40-37-34-32-30-28-26-23-20-17-14-11-8-5-2/h16-17,19-20,25-28,31-34,38,41,51,54,59-62,64-66,68,70-72,74-75H,4-15,18,21-24,29-30,35-37,39-40,42-50,52-53,55-58H2,1-3H3,(H,69,76)/b19-16-,20-17-,27-25-,28-26-,33-31-,34-32-,41-38-,54-51+. The maximum absolute atomic E-state index is 13.4. The number of ether oxygens (including phenoxy) is 3. The highest BCUT2D eigenvalue weighted by atomic mass is 16.7. The third-order valence-electron chi connectivity index (χ3n) is 14.5. The highest BCUT2D eigenvalue weighted by Gasteiger charge is 2.47. The van der Waals surface area contributed by atoms with Gasteiger partial charge in [-0.3, -0.25) is 9.59 Å². The van der Waals surface area contributed by atoms with Crippen LogP contribution in [-0.4, -0.2) is 99.6 Å². The normalized spacial score (nSPS) is 19.5. The lowest BCUT2D eigenvalue weighted by molar-refractivity contribution is -0.305. The predicted octanol–water partition coefficient (Wildman–Crippen LogP) is 15.5. The van der Waals surface area contributed by atoms with Crippen LogP contribution in [0, 0.1) is 0 Å². The maximum atomic E-state index is 13.4. The molecule has 1 saturated heterocycles. The van der Waals surface area contributed by atoms with Crippen molar-refractivity contribution in [3.05, 3.63) is 97.2 Å². The number of rotatable bonds is 53. The van der Waals surface area contributed by atoms with E-state index >= 15 is 0 Å². The second-order valence-electron chi connectivity index (χ2n) is 21.8. The van der Waals surface area contributed by atoms with Gasteiger partial charge in [-0.15, -0.1) is 0 Å². The number of carbonyl (C=O) groups is 2. The monoisotopic (exact) mass is 1110 g/mol. The van der Waals surface area contributed by atoms with Crippen LogP contribution in [0.15, 0.2) is 97.2 Å². The predicted molar refractivity (Wildman–Crippen MR) is 329 cm³/mol. The fraction of sp³-hybridized carbons (Fsp3) is 0.735. The lowest BCUT2D eigenvalue weighted by Crippen LogP contribution is -2.61. The van der Waals surface area contributed by atoms with Crippen molar-refractivity contribution in [2.75, 3.05) is 13.2 Å². The topological polar surface area (TPSA) is 175 Å². The van der Waals surface area contributed by atoms with Gasteiger partial charge < -0.3 is 45.1 Å². The fourth-order valence-corrected chi connectivity index (χ4v) is 9.35. The molecule has 0 radical (unpaired) electrons. The summed E-state index contributed by atoms with van der Waals surface area (Å²) in [6.07, 6.45) is 62.9. The molecule has 8 unspecified atom stereocenters. The number of hydrogen-bond donors (Lipinski definition) is 6. The van der Waals surface area contributed by atoms with E-state index in [4.69, 9.17) is 14.2 Å². The molecule has 11 nitrogen and oxygen atoms in total. The van der Waals surface area contributed by atoms with Crippen LogP contribution in [0.2, 0.25) is 0 Å². The van der Waals surface area contributed by atoms with Crippen LogP contribution in [0.4, 0.5) is 0 Å². The molecule has 1 fully saturated rings. The maximum Gasteiger partial charge on any atom is 0.306 e. The quantitative estimate of drug-likeness (QED) is 0.0195. The van der Waals surface area contributed by atoms with Crippen molar-refractivity contribution in [3.8, 4) is 0 Å². The Morgan fingerprint density at radius 3 is 1.33 bits per heavy atom. The molecule has 0 spiro atoms. The van der Waals surface area contributed by atoms with Crippen molar-refractivity contribution >= 4 is 11.9 Å². The molecular weight excluding hydrogens is 991 g/mol. The van der Waals surface area contributed by atoms with Gasteiger partial charge >= 0.3 is 5.97 Å². The summed E-state index contributed by atoms with van der Waals surface area (Å²) in [7, 11) is 0. The first-order valence-corrected chi connectivity index (χ1v) is 32.0. The highest BCUT2D eigenvalue weighted by molar-refractivity contribution is 5.80. The zero-order chi connectivity index (χ0) is 57.5. The molecule has 454 valence electrons. The first-order chi connectivity index (χ1) is 38.7. The van der Waals surface area contributed by atoms with Crippen LogP contribution in [0.25, 0.3) is 0 Å². The van der Waals surface area contributed by atoms with E-state index in [0.717, 1.165) is 109 Å². The van der Waals surface area contributed by atoms with Crippen molar-refractivity contribution < 1.29 is 49.3 Å². The number of aliphatic hydroxyl groups excluding tert-OH is 5. The summed E-state index contributed by atoms with van der Waals surface area (Å²) in [5.74, 6) is -1.24. The molecule has 1 aliphatic rings. The molecule has 1 rings (SSSR count). The van der Waals surface area contributed by atoms with Crippen molar-refractivity contribution in [1.29, 1.82) is 0 Å². The van der Waals surface area contributed by atoms with E-state index in [1.54, 1.807) is 6.08 Å². The number of aliphatic hydroxyl groups is 5. The number of unbranched alkanes of at least 4 members (excludes halogenated alkanes) is 25. The molecule has 0 aromatic heterocycles. The van der Waals surface area contributed by atoms with Gasteiger partial charge in [0, 0.05) is 6.42 Å². The third kappa shape index (κ3) is 43.0. The molecule has 11 heteroatoms. The first-order valence-electron chi connectivity index (χ1n) is 32.0. The van der Waals surface area contributed by atoms with E-state index in [1.165, 1.54) is 103 Å². The fourth-order valence-electron chi connectivity index (χ4n) is 9.35. The van der Waals surface area contributed by atoms with Crippen LogP contribution >= 0.6 is 0 Å². The van der Waals surface area contributed by atoms with Gasteiger partial charge in [0.05, 0.1) is 25.4 Å². The first kappa shape index (κ1) is 73.6. The Morgan fingerprint density at radius 2 is 0.873 bits per heavy atom. The molecule has 0 aromatic carbocycles. The van der Waals surface area contributed by atoms with Crippen molar-refractivity contribution in [2.24, 2.45) is 0 Å². The van der Waals surface area contributed by atoms with Crippen LogP contribution in [0.3, 0.4) is 0 Å². The average molecular weight is 1110 g/mol. The summed E-state index contributed by atoms with van der Waals surface area (Å²) in [5, 5.41) is 57.0. The molecule has 79 heavy (non-hydrogen) atoms. The number of amides is 1. The van der Waals surface area contributed by atoms with Gasteiger partial charge in [0.15, 0.2) is 12.4 Å².